The molecule has 1 rings (SSSR count). The molecule has 0 saturated carbocycles. The zero-order valence-corrected chi connectivity index (χ0v) is 10.1. The zero-order valence-electron chi connectivity index (χ0n) is 10.1. The lowest BCUT2D eigenvalue weighted by atomic mass is 9.87. The minimum Gasteiger partial charge on any atom is -0.323 e. The molecule has 0 bridgehead atoms. The highest BCUT2D eigenvalue weighted by Gasteiger charge is 2.44. The van der Waals surface area contributed by atoms with Gasteiger partial charge >= 0.3 is 6.03 Å². The SMILES string of the molecule is C=CCCCC1(CCCC=C)NC(=O)NC1=O. The van der Waals surface area contributed by atoms with Crippen molar-refractivity contribution < 1.29 is 9.59 Å². The van der Waals surface area contributed by atoms with Crippen molar-refractivity contribution in [1.82, 2.24) is 10.6 Å². The minimum absolute atomic E-state index is 0.198. The standard InChI is InChI=1S/C13H20N2O2/c1-3-5-7-9-13(10-8-6-4-2)11(16)14-12(17)15-13/h3-4H,1-2,5-10H2,(H2,14,15,16,17). The normalized spacial score (nSPS) is 17.4. The van der Waals surface area contributed by atoms with E-state index in [0.29, 0.717) is 12.8 Å². The third-order valence-corrected chi connectivity index (χ3v) is 3.04. The van der Waals surface area contributed by atoms with E-state index in [1.54, 1.807) is 0 Å². The Morgan fingerprint density at radius 1 is 1.06 bits per heavy atom. The summed E-state index contributed by atoms with van der Waals surface area (Å²) in [6.07, 6.45) is 8.38. The summed E-state index contributed by atoms with van der Waals surface area (Å²) in [6, 6.07) is -0.382. The van der Waals surface area contributed by atoms with Gasteiger partial charge in [0.15, 0.2) is 0 Å². The summed E-state index contributed by atoms with van der Waals surface area (Å²) in [5.74, 6) is -0.198. The van der Waals surface area contributed by atoms with Gasteiger partial charge in [0, 0.05) is 0 Å². The second-order valence-corrected chi connectivity index (χ2v) is 4.35. The van der Waals surface area contributed by atoms with E-state index >= 15 is 0 Å². The van der Waals surface area contributed by atoms with Gasteiger partial charge in [0.2, 0.25) is 0 Å². The number of rotatable bonds is 8. The van der Waals surface area contributed by atoms with Crippen LogP contribution >= 0.6 is 0 Å². The predicted molar refractivity (Wildman–Crippen MR) is 67.5 cm³/mol. The first-order valence-corrected chi connectivity index (χ1v) is 6.00. The van der Waals surface area contributed by atoms with Crippen molar-refractivity contribution in [1.29, 1.82) is 0 Å². The molecule has 0 aromatic rings. The van der Waals surface area contributed by atoms with Crippen LogP contribution in [0.1, 0.15) is 38.5 Å². The van der Waals surface area contributed by atoms with Crippen molar-refractivity contribution >= 4 is 11.9 Å². The molecule has 2 N–H and O–H groups in total. The Bertz CT molecular complexity index is 309. The first kappa shape index (κ1) is 13.5. The lowest BCUT2D eigenvalue weighted by Crippen LogP contribution is -2.46. The zero-order chi connectivity index (χ0) is 12.7. The molecule has 17 heavy (non-hydrogen) atoms. The van der Waals surface area contributed by atoms with Gasteiger partial charge in [-0.05, 0) is 38.5 Å². The number of carbonyl (C=O) groups is 2. The molecule has 0 aliphatic carbocycles. The summed E-state index contributed by atoms with van der Waals surface area (Å²) in [7, 11) is 0. The number of nitrogens with one attached hydrogen (secondary N) is 2. The summed E-state index contributed by atoms with van der Waals surface area (Å²) in [6.45, 7) is 7.31. The number of hydrogen-bond donors (Lipinski definition) is 2. The van der Waals surface area contributed by atoms with Gasteiger partial charge in [-0.25, -0.2) is 4.79 Å². The molecule has 1 aliphatic heterocycles. The summed E-state index contributed by atoms with van der Waals surface area (Å²) in [5.41, 5.74) is -0.719. The van der Waals surface area contributed by atoms with Crippen LogP contribution in [0.5, 0.6) is 0 Å². The second kappa shape index (κ2) is 6.23. The number of hydrogen-bond acceptors (Lipinski definition) is 2. The van der Waals surface area contributed by atoms with Crippen molar-refractivity contribution in [2.24, 2.45) is 0 Å². The largest absolute Gasteiger partial charge is 0.323 e. The van der Waals surface area contributed by atoms with Crippen LogP contribution in [0.4, 0.5) is 4.79 Å². The summed E-state index contributed by atoms with van der Waals surface area (Å²) in [4.78, 5) is 23.1. The van der Waals surface area contributed by atoms with Gasteiger partial charge in [0.05, 0.1) is 0 Å². The van der Waals surface area contributed by atoms with Gasteiger partial charge in [-0.3, -0.25) is 10.1 Å². The quantitative estimate of drug-likeness (QED) is 0.386. The number of carbonyl (C=O) groups excluding carboxylic acids is 2. The average molecular weight is 236 g/mol. The molecule has 1 aliphatic rings. The fourth-order valence-corrected chi connectivity index (χ4v) is 2.10. The Labute approximate surface area is 102 Å². The Hall–Kier alpha value is -1.58. The van der Waals surface area contributed by atoms with E-state index in [0.717, 1.165) is 25.7 Å². The molecule has 0 radical (unpaired) electrons. The van der Waals surface area contributed by atoms with Crippen LogP contribution in [0.3, 0.4) is 0 Å². The summed E-state index contributed by atoms with van der Waals surface area (Å²) < 4.78 is 0. The van der Waals surface area contributed by atoms with Crippen LogP contribution in [-0.2, 0) is 4.79 Å². The molecule has 0 spiro atoms. The fraction of sp³-hybridized carbons (Fsp3) is 0.538. The molecule has 94 valence electrons. The second-order valence-electron chi connectivity index (χ2n) is 4.35. The van der Waals surface area contributed by atoms with Crippen molar-refractivity contribution in [2.75, 3.05) is 0 Å². The Morgan fingerprint density at radius 3 is 1.94 bits per heavy atom. The van der Waals surface area contributed by atoms with Crippen LogP contribution in [0.15, 0.2) is 25.3 Å². The first-order valence-electron chi connectivity index (χ1n) is 6.00. The maximum atomic E-state index is 11.8. The predicted octanol–water partition coefficient (Wildman–Crippen LogP) is 2.28. The highest BCUT2D eigenvalue weighted by atomic mass is 16.2. The third-order valence-electron chi connectivity index (χ3n) is 3.04. The van der Waals surface area contributed by atoms with Crippen molar-refractivity contribution in [3.05, 3.63) is 25.3 Å². The topological polar surface area (TPSA) is 58.2 Å². The maximum Gasteiger partial charge on any atom is 0.322 e. The molecular weight excluding hydrogens is 216 g/mol. The van der Waals surface area contributed by atoms with E-state index < -0.39 is 5.54 Å². The smallest absolute Gasteiger partial charge is 0.322 e. The Balaban J connectivity index is 2.62. The Kier molecular flexibility index (Phi) is 4.94. The molecule has 1 fully saturated rings. The molecule has 4 heteroatoms. The van der Waals surface area contributed by atoms with E-state index in [4.69, 9.17) is 0 Å². The van der Waals surface area contributed by atoms with E-state index in [1.807, 2.05) is 12.2 Å². The minimum atomic E-state index is -0.719. The van der Waals surface area contributed by atoms with Crippen molar-refractivity contribution in [3.63, 3.8) is 0 Å². The maximum absolute atomic E-state index is 11.8. The highest BCUT2D eigenvalue weighted by molar-refractivity contribution is 6.06. The third kappa shape index (κ3) is 3.44. The van der Waals surface area contributed by atoms with Gasteiger partial charge in [0.25, 0.3) is 5.91 Å². The molecule has 0 unspecified atom stereocenters. The molecule has 3 amide bonds. The lowest BCUT2D eigenvalue weighted by molar-refractivity contribution is -0.124. The van der Waals surface area contributed by atoms with Crippen LogP contribution < -0.4 is 10.6 Å². The van der Waals surface area contributed by atoms with E-state index in [2.05, 4.69) is 23.8 Å². The van der Waals surface area contributed by atoms with E-state index in [1.165, 1.54) is 0 Å². The first-order chi connectivity index (χ1) is 8.14. The van der Waals surface area contributed by atoms with Gasteiger partial charge in [-0.15, -0.1) is 13.2 Å². The van der Waals surface area contributed by atoms with Crippen LogP contribution in [-0.4, -0.2) is 17.5 Å². The fourth-order valence-electron chi connectivity index (χ4n) is 2.10. The summed E-state index contributed by atoms with van der Waals surface area (Å²) >= 11 is 0. The number of unbranched alkanes of at least 4 members (excludes halogenated alkanes) is 2. The molecule has 4 nitrogen and oxygen atoms in total. The lowest BCUT2D eigenvalue weighted by Gasteiger charge is -2.25. The number of allylic oxidation sites excluding steroid dienone is 2. The van der Waals surface area contributed by atoms with Crippen LogP contribution in [0.25, 0.3) is 0 Å². The van der Waals surface area contributed by atoms with Gasteiger partial charge in [-0.1, -0.05) is 12.2 Å². The average Bonchev–Trinajstić information content (AvgIpc) is 2.55. The van der Waals surface area contributed by atoms with Gasteiger partial charge in [-0.2, -0.15) is 0 Å². The van der Waals surface area contributed by atoms with E-state index in [9.17, 15) is 9.59 Å². The molecule has 1 saturated heterocycles. The van der Waals surface area contributed by atoms with Crippen molar-refractivity contribution in [2.45, 2.75) is 44.1 Å². The van der Waals surface area contributed by atoms with Crippen molar-refractivity contribution in [3.8, 4) is 0 Å². The number of imide groups is 1. The molecular formula is C13H20N2O2. The molecule has 1 heterocycles. The van der Waals surface area contributed by atoms with Gasteiger partial charge < -0.3 is 5.32 Å². The summed E-state index contributed by atoms with van der Waals surface area (Å²) in [5, 5.41) is 5.09. The Morgan fingerprint density at radius 2 is 1.59 bits per heavy atom. The van der Waals surface area contributed by atoms with E-state index in [-0.39, 0.29) is 11.9 Å². The van der Waals surface area contributed by atoms with Crippen LogP contribution in [0, 0.1) is 0 Å². The van der Waals surface area contributed by atoms with Crippen LogP contribution in [0.2, 0.25) is 0 Å². The monoisotopic (exact) mass is 236 g/mol. The van der Waals surface area contributed by atoms with Gasteiger partial charge in [0.1, 0.15) is 5.54 Å². The molecule has 0 aromatic heterocycles. The molecule has 0 aromatic carbocycles. The molecule has 0 atom stereocenters. The number of amides is 3. The highest BCUT2D eigenvalue weighted by Crippen LogP contribution is 2.25. The number of urea groups is 1.